The number of halogens is 1. The van der Waals surface area contributed by atoms with Gasteiger partial charge in [0.15, 0.2) is 0 Å². The molecule has 3 aromatic carbocycles. The number of amides is 1. The van der Waals surface area contributed by atoms with Crippen LogP contribution in [0.15, 0.2) is 60.7 Å². The highest BCUT2D eigenvalue weighted by Gasteiger charge is 2.24. The minimum Gasteiger partial charge on any atom is -0.497 e. The van der Waals surface area contributed by atoms with Crippen molar-refractivity contribution in [3.63, 3.8) is 0 Å². The van der Waals surface area contributed by atoms with Crippen LogP contribution in [0.1, 0.15) is 15.9 Å². The second-order valence-corrected chi connectivity index (χ2v) is 7.05. The van der Waals surface area contributed by atoms with Crippen molar-refractivity contribution in [3.05, 3.63) is 77.6 Å². The zero-order chi connectivity index (χ0) is 19.5. The Morgan fingerprint density at radius 1 is 1.00 bits per heavy atom. The number of benzene rings is 3. The molecule has 4 nitrogen and oxygen atoms in total. The molecule has 0 radical (unpaired) electrons. The topological polar surface area (TPSA) is 32.8 Å². The Hall–Kier alpha value is -2.92. The summed E-state index contributed by atoms with van der Waals surface area (Å²) in [5.41, 5.74) is 1.39. The van der Waals surface area contributed by atoms with Crippen LogP contribution in [-0.2, 0) is 6.54 Å². The van der Waals surface area contributed by atoms with Crippen molar-refractivity contribution in [1.29, 1.82) is 0 Å². The molecule has 1 aliphatic heterocycles. The van der Waals surface area contributed by atoms with E-state index in [0.29, 0.717) is 18.8 Å². The Balaban J connectivity index is 1.41. The summed E-state index contributed by atoms with van der Waals surface area (Å²) in [7, 11) is 1.48. The van der Waals surface area contributed by atoms with E-state index in [1.807, 2.05) is 0 Å². The summed E-state index contributed by atoms with van der Waals surface area (Å²) in [5, 5.41) is 2.51. The van der Waals surface area contributed by atoms with E-state index in [1.54, 1.807) is 11.0 Å². The number of nitrogens with zero attached hydrogens (tertiary/aromatic N) is 2. The molecule has 4 rings (SSSR count). The zero-order valence-electron chi connectivity index (χ0n) is 15.9. The maximum absolute atomic E-state index is 14.2. The lowest BCUT2D eigenvalue weighted by Crippen LogP contribution is -2.48. The Labute approximate surface area is 164 Å². The summed E-state index contributed by atoms with van der Waals surface area (Å²) < 4.78 is 19.2. The first kappa shape index (κ1) is 18.4. The van der Waals surface area contributed by atoms with Crippen LogP contribution in [0.5, 0.6) is 5.75 Å². The average Bonchev–Trinajstić information content (AvgIpc) is 2.74. The molecule has 0 aliphatic carbocycles. The fourth-order valence-electron chi connectivity index (χ4n) is 3.75. The van der Waals surface area contributed by atoms with Crippen LogP contribution in [0.4, 0.5) is 4.39 Å². The van der Waals surface area contributed by atoms with Crippen LogP contribution < -0.4 is 4.74 Å². The van der Waals surface area contributed by atoms with Crippen LogP contribution in [0.25, 0.3) is 10.8 Å². The lowest BCUT2D eigenvalue weighted by molar-refractivity contribution is 0.0624. The summed E-state index contributed by atoms with van der Waals surface area (Å²) in [4.78, 5) is 16.8. The second kappa shape index (κ2) is 7.98. The van der Waals surface area contributed by atoms with Gasteiger partial charge in [-0.3, -0.25) is 9.69 Å². The molecule has 0 atom stereocenters. The van der Waals surface area contributed by atoms with Crippen molar-refractivity contribution in [2.24, 2.45) is 0 Å². The monoisotopic (exact) mass is 378 g/mol. The van der Waals surface area contributed by atoms with E-state index in [4.69, 9.17) is 4.74 Å². The maximum atomic E-state index is 14.2. The van der Waals surface area contributed by atoms with Crippen molar-refractivity contribution < 1.29 is 13.9 Å². The van der Waals surface area contributed by atoms with Gasteiger partial charge >= 0.3 is 0 Å². The molecule has 0 spiro atoms. The SMILES string of the molecule is COc1ccc(C(=O)N2CCN(Cc3cccc4ccccc34)CC2)c(F)c1. The van der Waals surface area contributed by atoms with Gasteiger partial charge in [-0.05, 0) is 28.5 Å². The van der Waals surface area contributed by atoms with Gasteiger partial charge in [0, 0.05) is 38.8 Å². The minimum atomic E-state index is -0.539. The highest BCUT2D eigenvalue weighted by atomic mass is 19.1. The van der Waals surface area contributed by atoms with Gasteiger partial charge in [0.05, 0.1) is 12.7 Å². The van der Waals surface area contributed by atoms with Crippen LogP contribution in [0.3, 0.4) is 0 Å². The predicted molar refractivity (Wildman–Crippen MR) is 108 cm³/mol. The Morgan fingerprint density at radius 3 is 2.50 bits per heavy atom. The lowest BCUT2D eigenvalue weighted by Gasteiger charge is -2.35. The molecule has 1 aliphatic rings. The molecular weight excluding hydrogens is 355 g/mol. The van der Waals surface area contributed by atoms with Gasteiger partial charge in [-0.25, -0.2) is 4.39 Å². The number of hydrogen-bond acceptors (Lipinski definition) is 3. The van der Waals surface area contributed by atoms with E-state index in [0.717, 1.165) is 19.6 Å². The third-order valence-corrected chi connectivity index (χ3v) is 5.34. The molecule has 1 saturated heterocycles. The quantitative estimate of drug-likeness (QED) is 0.689. The normalized spacial score (nSPS) is 15.0. The van der Waals surface area contributed by atoms with E-state index in [1.165, 1.54) is 35.6 Å². The molecule has 0 bridgehead atoms. The number of ether oxygens (including phenoxy) is 1. The minimum absolute atomic E-state index is 0.100. The van der Waals surface area contributed by atoms with Gasteiger partial charge in [-0.2, -0.15) is 0 Å². The van der Waals surface area contributed by atoms with Crippen LogP contribution in [0.2, 0.25) is 0 Å². The maximum Gasteiger partial charge on any atom is 0.256 e. The van der Waals surface area contributed by atoms with Crippen LogP contribution >= 0.6 is 0 Å². The molecule has 0 N–H and O–H groups in total. The second-order valence-electron chi connectivity index (χ2n) is 7.05. The van der Waals surface area contributed by atoms with Crippen molar-refractivity contribution >= 4 is 16.7 Å². The number of piperazine rings is 1. The van der Waals surface area contributed by atoms with Gasteiger partial charge in [-0.15, -0.1) is 0 Å². The van der Waals surface area contributed by atoms with Gasteiger partial charge < -0.3 is 9.64 Å². The number of fused-ring (bicyclic) bond motifs is 1. The fraction of sp³-hybridized carbons (Fsp3) is 0.261. The molecule has 3 aromatic rings. The summed E-state index contributed by atoms with van der Waals surface area (Å²) in [6.45, 7) is 3.57. The fourth-order valence-corrected chi connectivity index (χ4v) is 3.75. The molecule has 1 fully saturated rings. The number of carbonyl (C=O) groups excluding carboxylic acids is 1. The van der Waals surface area contributed by atoms with Gasteiger partial charge in [0.1, 0.15) is 11.6 Å². The molecular formula is C23H23FN2O2. The van der Waals surface area contributed by atoms with Crippen molar-refractivity contribution in [1.82, 2.24) is 9.80 Å². The largest absolute Gasteiger partial charge is 0.497 e. The molecule has 144 valence electrons. The number of hydrogen-bond donors (Lipinski definition) is 0. The Bertz CT molecular complexity index is 992. The Kier molecular flexibility index (Phi) is 5.26. The molecule has 0 saturated carbocycles. The zero-order valence-corrected chi connectivity index (χ0v) is 15.9. The first-order valence-corrected chi connectivity index (χ1v) is 9.47. The number of carbonyl (C=O) groups is 1. The van der Waals surface area contributed by atoms with E-state index in [2.05, 4.69) is 47.4 Å². The standard InChI is InChI=1S/C23H23FN2O2/c1-28-19-9-10-21(22(24)15-19)23(27)26-13-11-25(12-14-26)16-18-7-4-6-17-5-2-3-8-20(17)18/h2-10,15H,11-14,16H2,1H3. The first-order valence-electron chi connectivity index (χ1n) is 9.47. The van der Waals surface area contributed by atoms with Gasteiger partial charge in [-0.1, -0.05) is 42.5 Å². The molecule has 5 heteroatoms. The molecule has 0 unspecified atom stereocenters. The van der Waals surface area contributed by atoms with Crippen LogP contribution in [0, 0.1) is 5.82 Å². The average molecular weight is 378 g/mol. The van der Waals surface area contributed by atoms with Crippen molar-refractivity contribution in [2.75, 3.05) is 33.3 Å². The molecule has 28 heavy (non-hydrogen) atoms. The first-order chi connectivity index (χ1) is 13.7. The summed E-state index contributed by atoms with van der Waals surface area (Å²) in [6.07, 6.45) is 0. The predicted octanol–water partition coefficient (Wildman–Crippen LogP) is 3.95. The highest BCUT2D eigenvalue weighted by molar-refractivity contribution is 5.94. The van der Waals surface area contributed by atoms with E-state index in [9.17, 15) is 9.18 Å². The molecule has 0 aromatic heterocycles. The third-order valence-electron chi connectivity index (χ3n) is 5.34. The van der Waals surface area contributed by atoms with Gasteiger partial charge in [0.2, 0.25) is 0 Å². The summed E-state index contributed by atoms with van der Waals surface area (Å²) in [5.74, 6) is -0.388. The van der Waals surface area contributed by atoms with Crippen LogP contribution in [-0.4, -0.2) is 49.0 Å². The lowest BCUT2D eigenvalue weighted by atomic mass is 10.0. The molecule has 1 amide bonds. The highest BCUT2D eigenvalue weighted by Crippen LogP contribution is 2.22. The van der Waals surface area contributed by atoms with E-state index >= 15 is 0 Å². The number of methoxy groups -OCH3 is 1. The van der Waals surface area contributed by atoms with E-state index < -0.39 is 5.82 Å². The van der Waals surface area contributed by atoms with Crippen molar-refractivity contribution in [2.45, 2.75) is 6.54 Å². The number of rotatable bonds is 4. The summed E-state index contributed by atoms with van der Waals surface area (Å²) >= 11 is 0. The molecule has 1 heterocycles. The summed E-state index contributed by atoms with van der Waals surface area (Å²) in [6, 6.07) is 19.1. The third kappa shape index (κ3) is 3.71. The van der Waals surface area contributed by atoms with Gasteiger partial charge in [0.25, 0.3) is 5.91 Å². The van der Waals surface area contributed by atoms with Crippen molar-refractivity contribution in [3.8, 4) is 5.75 Å². The smallest absolute Gasteiger partial charge is 0.256 e. The van der Waals surface area contributed by atoms with E-state index in [-0.39, 0.29) is 11.5 Å². The Morgan fingerprint density at radius 2 is 1.75 bits per heavy atom.